The zero-order valence-electron chi connectivity index (χ0n) is 21.2. The first-order valence-electron chi connectivity index (χ1n) is 12.6. The number of phenolic OH excluding ortho intramolecular Hbond substituents is 2. The number of rotatable bonds is 6. The van der Waals surface area contributed by atoms with Crippen LogP contribution in [0.2, 0.25) is 0 Å². The number of benzene rings is 4. The second-order valence-electron chi connectivity index (χ2n) is 9.55. The van der Waals surface area contributed by atoms with Crippen molar-refractivity contribution in [3.8, 4) is 23.0 Å². The van der Waals surface area contributed by atoms with Crippen LogP contribution >= 0.6 is 0 Å². The Balaban J connectivity index is 1.50. The summed E-state index contributed by atoms with van der Waals surface area (Å²) < 4.78 is 10.6. The average molecular weight is 505 g/mol. The minimum absolute atomic E-state index is 0.00235. The summed E-state index contributed by atoms with van der Waals surface area (Å²) in [6.07, 6.45) is 3.44. The third-order valence-corrected chi connectivity index (χ3v) is 7.64. The van der Waals surface area contributed by atoms with E-state index in [4.69, 9.17) is 19.5 Å². The van der Waals surface area contributed by atoms with E-state index in [2.05, 4.69) is 48.5 Å². The summed E-state index contributed by atoms with van der Waals surface area (Å²) in [5.41, 5.74) is 6.18. The van der Waals surface area contributed by atoms with Crippen LogP contribution in [0.15, 0.2) is 94.9 Å². The molecule has 7 rings (SSSR count). The molecule has 0 amide bonds. The standard InChI is InChI=1S/C32H28N2O4/c1-37-25-15-7-9-19(31(25)35)17-33-29-27-21-11-3-5-13-23(21)28(24-14-6-4-12-22(24)27)30(29)34-18-20-10-8-16-26(38-2)32(20)36/h3-18,27-30,35-36H,1-2H3/t27?,28?,29-,30-/m0/s1. The fourth-order valence-electron chi connectivity index (χ4n) is 5.92. The Morgan fingerprint density at radius 3 is 1.26 bits per heavy atom. The molecule has 0 unspecified atom stereocenters. The molecule has 3 aliphatic rings. The molecule has 0 radical (unpaired) electrons. The van der Waals surface area contributed by atoms with Gasteiger partial charge < -0.3 is 19.7 Å². The topological polar surface area (TPSA) is 83.6 Å². The zero-order valence-corrected chi connectivity index (χ0v) is 21.2. The lowest BCUT2D eigenvalue weighted by atomic mass is 9.59. The average Bonchev–Trinajstić information content (AvgIpc) is 2.96. The smallest absolute Gasteiger partial charge is 0.166 e. The SMILES string of the molecule is COc1cccc(C=N[C@H]2C3c4ccccc4C(c4ccccc43)[C@@H]2N=Cc2cccc(OC)c2O)c1O. The molecule has 0 saturated carbocycles. The van der Waals surface area contributed by atoms with Gasteiger partial charge in [0.1, 0.15) is 0 Å². The minimum atomic E-state index is -0.223. The Morgan fingerprint density at radius 1 is 0.553 bits per heavy atom. The van der Waals surface area contributed by atoms with E-state index >= 15 is 0 Å². The van der Waals surface area contributed by atoms with Gasteiger partial charge in [0, 0.05) is 35.4 Å². The molecule has 6 nitrogen and oxygen atoms in total. The van der Waals surface area contributed by atoms with Crippen LogP contribution in [0.4, 0.5) is 0 Å². The van der Waals surface area contributed by atoms with Crippen LogP contribution in [0.1, 0.15) is 45.2 Å². The highest BCUT2D eigenvalue weighted by molar-refractivity contribution is 5.86. The van der Waals surface area contributed by atoms with Gasteiger partial charge in [-0.3, -0.25) is 9.98 Å². The van der Waals surface area contributed by atoms with Gasteiger partial charge in [0.05, 0.1) is 26.3 Å². The minimum Gasteiger partial charge on any atom is -0.504 e. The number of aliphatic imine (C=N–C) groups is 2. The lowest BCUT2D eigenvalue weighted by Gasteiger charge is -2.47. The van der Waals surface area contributed by atoms with E-state index in [0.717, 1.165) is 0 Å². The Hall–Kier alpha value is -4.58. The van der Waals surface area contributed by atoms with E-state index in [1.54, 1.807) is 24.6 Å². The maximum Gasteiger partial charge on any atom is 0.166 e. The predicted molar refractivity (Wildman–Crippen MR) is 149 cm³/mol. The molecule has 4 aromatic rings. The zero-order chi connectivity index (χ0) is 26.2. The number of ether oxygens (including phenoxy) is 2. The summed E-state index contributed by atoms with van der Waals surface area (Å²) in [7, 11) is 3.06. The maximum atomic E-state index is 10.7. The van der Waals surface area contributed by atoms with Gasteiger partial charge in [-0.2, -0.15) is 0 Å². The van der Waals surface area contributed by atoms with Crippen LogP contribution in [0.5, 0.6) is 23.0 Å². The molecule has 4 aromatic carbocycles. The van der Waals surface area contributed by atoms with Crippen molar-refractivity contribution in [1.29, 1.82) is 0 Å². The molecule has 2 N–H and O–H groups in total. The molecule has 0 heterocycles. The van der Waals surface area contributed by atoms with Gasteiger partial charge in [0.15, 0.2) is 23.0 Å². The molecule has 38 heavy (non-hydrogen) atoms. The third kappa shape index (κ3) is 3.80. The predicted octanol–water partition coefficient (Wildman–Crippen LogP) is 5.68. The van der Waals surface area contributed by atoms with Crippen LogP contribution in [0.25, 0.3) is 0 Å². The second kappa shape index (κ2) is 9.71. The van der Waals surface area contributed by atoms with Crippen LogP contribution < -0.4 is 9.47 Å². The van der Waals surface area contributed by atoms with E-state index in [1.807, 2.05) is 24.3 Å². The van der Waals surface area contributed by atoms with Gasteiger partial charge in [-0.05, 0) is 46.5 Å². The number of fused-ring (bicyclic) bond motifs is 1. The van der Waals surface area contributed by atoms with Gasteiger partial charge in [-0.1, -0.05) is 60.7 Å². The molecule has 0 spiro atoms. The number of para-hydroxylation sites is 2. The third-order valence-electron chi connectivity index (χ3n) is 7.64. The van der Waals surface area contributed by atoms with Crippen LogP contribution in [0, 0.1) is 0 Å². The molecular weight excluding hydrogens is 476 g/mol. The summed E-state index contributed by atoms with van der Waals surface area (Å²) in [4.78, 5) is 10.2. The van der Waals surface area contributed by atoms with E-state index < -0.39 is 0 Å². The Morgan fingerprint density at radius 2 is 0.921 bits per heavy atom. The number of nitrogens with zero attached hydrogens (tertiary/aromatic N) is 2. The van der Waals surface area contributed by atoms with Crippen LogP contribution in [0.3, 0.4) is 0 Å². The molecule has 3 aliphatic carbocycles. The summed E-state index contributed by atoms with van der Waals surface area (Å²) >= 11 is 0. The first-order valence-corrected chi connectivity index (χ1v) is 12.6. The highest BCUT2D eigenvalue weighted by Gasteiger charge is 2.49. The number of methoxy groups -OCH3 is 2. The van der Waals surface area contributed by atoms with Crippen molar-refractivity contribution >= 4 is 12.4 Å². The van der Waals surface area contributed by atoms with Crippen molar-refractivity contribution in [2.24, 2.45) is 9.98 Å². The van der Waals surface area contributed by atoms with Crippen molar-refractivity contribution in [3.63, 3.8) is 0 Å². The summed E-state index contributed by atoms with van der Waals surface area (Å²) in [5, 5.41) is 21.4. The van der Waals surface area contributed by atoms with Crippen molar-refractivity contribution < 1.29 is 19.7 Å². The van der Waals surface area contributed by atoms with Gasteiger partial charge in [-0.25, -0.2) is 0 Å². The molecule has 0 aliphatic heterocycles. The van der Waals surface area contributed by atoms with Crippen LogP contribution in [-0.2, 0) is 0 Å². The van der Waals surface area contributed by atoms with Gasteiger partial charge >= 0.3 is 0 Å². The molecule has 0 aromatic heterocycles. The normalized spacial score (nSPS) is 21.4. The van der Waals surface area contributed by atoms with E-state index in [1.165, 1.54) is 36.5 Å². The monoisotopic (exact) mass is 504 g/mol. The Labute approximate surface area is 221 Å². The number of hydrogen-bond donors (Lipinski definition) is 2. The fourth-order valence-corrected chi connectivity index (χ4v) is 5.92. The first-order chi connectivity index (χ1) is 18.6. The Bertz CT molecular complexity index is 1400. The van der Waals surface area contributed by atoms with Gasteiger partial charge in [0.25, 0.3) is 0 Å². The van der Waals surface area contributed by atoms with Gasteiger partial charge in [-0.15, -0.1) is 0 Å². The fraction of sp³-hybridized carbons (Fsp3) is 0.188. The first kappa shape index (κ1) is 23.8. The lowest BCUT2D eigenvalue weighted by Crippen LogP contribution is -2.45. The number of phenols is 2. The van der Waals surface area contributed by atoms with E-state index in [0.29, 0.717) is 22.6 Å². The molecule has 6 heteroatoms. The Kier molecular flexibility index (Phi) is 6.08. The van der Waals surface area contributed by atoms with E-state index in [9.17, 15) is 10.2 Å². The maximum absolute atomic E-state index is 10.7. The summed E-state index contributed by atoms with van der Waals surface area (Å²) in [5.74, 6) is 0.911. The second-order valence-corrected chi connectivity index (χ2v) is 9.55. The summed E-state index contributed by atoms with van der Waals surface area (Å²) in [6, 6.07) is 27.3. The van der Waals surface area contributed by atoms with Crippen molar-refractivity contribution in [1.82, 2.24) is 0 Å². The lowest BCUT2D eigenvalue weighted by molar-refractivity contribution is 0.372. The molecule has 0 saturated heterocycles. The van der Waals surface area contributed by atoms with Crippen molar-refractivity contribution in [2.45, 2.75) is 23.9 Å². The number of aromatic hydroxyl groups is 2. The number of hydrogen-bond acceptors (Lipinski definition) is 6. The molecule has 0 fully saturated rings. The summed E-state index contributed by atoms with van der Waals surface area (Å²) in [6.45, 7) is 0. The van der Waals surface area contributed by atoms with Crippen molar-refractivity contribution in [3.05, 3.63) is 118 Å². The molecular formula is C32H28N2O4. The van der Waals surface area contributed by atoms with E-state index in [-0.39, 0.29) is 35.4 Å². The highest BCUT2D eigenvalue weighted by Crippen LogP contribution is 2.54. The van der Waals surface area contributed by atoms with Gasteiger partial charge in [0.2, 0.25) is 0 Å². The molecule has 2 atom stereocenters. The molecule has 2 bridgehead atoms. The quantitative estimate of drug-likeness (QED) is 0.331. The largest absolute Gasteiger partial charge is 0.504 e. The van der Waals surface area contributed by atoms with Crippen molar-refractivity contribution in [2.75, 3.05) is 14.2 Å². The van der Waals surface area contributed by atoms with Crippen LogP contribution in [-0.4, -0.2) is 48.9 Å². The highest BCUT2D eigenvalue weighted by atomic mass is 16.5. The molecule has 190 valence electrons.